The van der Waals surface area contributed by atoms with Crippen LogP contribution < -0.4 is 15.2 Å². The van der Waals surface area contributed by atoms with E-state index < -0.39 is 0 Å². The first kappa shape index (κ1) is 25.4. The van der Waals surface area contributed by atoms with Crippen LogP contribution in [0.3, 0.4) is 0 Å². The molecule has 1 fully saturated rings. The summed E-state index contributed by atoms with van der Waals surface area (Å²) in [7, 11) is 3.12. The van der Waals surface area contributed by atoms with Crippen molar-refractivity contribution in [3.05, 3.63) is 65.0 Å². The molecule has 196 valence electrons. The molecule has 0 amide bonds. The van der Waals surface area contributed by atoms with Gasteiger partial charge in [-0.3, -0.25) is 9.47 Å². The summed E-state index contributed by atoms with van der Waals surface area (Å²) in [6.45, 7) is 12.2. The summed E-state index contributed by atoms with van der Waals surface area (Å²) in [5, 5.41) is 0. The number of likely N-dealkylation sites (tertiary alicyclic amines) is 1. The normalized spacial score (nSPS) is 13.6. The number of benzene rings is 2. The number of methoxy groups -OCH3 is 2. The molecule has 10 heteroatoms. The Morgan fingerprint density at radius 3 is 2.42 bits per heavy atom. The van der Waals surface area contributed by atoms with E-state index in [-0.39, 0.29) is 18.4 Å². The van der Waals surface area contributed by atoms with E-state index in [4.69, 9.17) is 26.5 Å². The maximum Gasteiger partial charge on any atom is 0.320 e. The Hall–Kier alpha value is -4.20. The number of fused-ring (bicyclic) bond motifs is 1. The van der Waals surface area contributed by atoms with Crippen LogP contribution in [0.4, 0.5) is 11.5 Å². The van der Waals surface area contributed by atoms with Crippen molar-refractivity contribution in [2.45, 2.75) is 25.9 Å². The molecule has 3 heterocycles. The van der Waals surface area contributed by atoms with Gasteiger partial charge in [0.25, 0.3) is 6.01 Å². The molecule has 2 aromatic heterocycles. The number of hydrogen-bond acceptors (Lipinski definition) is 8. The summed E-state index contributed by atoms with van der Waals surface area (Å²) in [5.41, 5.74) is 11.8. The number of ether oxygens (including phenoxy) is 3. The van der Waals surface area contributed by atoms with Gasteiger partial charge in [-0.1, -0.05) is 36.4 Å². The maximum atomic E-state index is 7.84. The first-order valence-corrected chi connectivity index (χ1v) is 12.6. The zero-order valence-corrected chi connectivity index (χ0v) is 21.7. The Bertz CT molecular complexity index is 1450. The van der Waals surface area contributed by atoms with Crippen LogP contribution >= 0.6 is 0 Å². The van der Waals surface area contributed by atoms with Gasteiger partial charge in [0.15, 0.2) is 22.7 Å². The largest absolute Gasteiger partial charge is 0.468 e. The number of anilines is 1. The van der Waals surface area contributed by atoms with E-state index in [0.29, 0.717) is 36.0 Å². The number of nitrogens with zero attached hydrogens (tertiary/aromatic N) is 6. The number of aromatic nitrogens is 4. The molecule has 4 aromatic rings. The third-order valence-corrected chi connectivity index (χ3v) is 6.69. The summed E-state index contributed by atoms with van der Waals surface area (Å²) in [4.78, 5) is 19.5. The SMILES string of the molecule is [C-]#[N+]c1cc(-c2ccc(CN3CCCC3)cc2)ccc1Cn1c(OC)nc2c(N)nc(OCCOC)nc21. The van der Waals surface area contributed by atoms with Gasteiger partial charge in [-0.25, -0.2) is 4.85 Å². The molecule has 0 aliphatic carbocycles. The molecule has 0 spiro atoms. The molecule has 0 atom stereocenters. The minimum atomic E-state index is 0.129. The lowest BCUT2D eigenvalue weighted by molar-refractivity contribution is 0.141. The van der Waals surface area contributed by atoms with Crippen LogP contribution in [0.25, 0.3) is 27.1 Å². The van der Waals surface area contributed by atoms with Gasteiger partial charge in [-0.15, -0.1) is 0 Å². The van der Waals surface area contributed by atoms with Crippen molar-refractivity contribution in [3.8, 4) is 23.1 Å². The summed E-state index contributed by atoms with van der Waals surface area (Å²) in [5.74, 6) is 0.188. The van der Waals surface area contributed by atoms with E-state index in [9.17, 15) is 0 Å². The molecular formula is C28H31N7O3. The highest BCUT2D eigenvalue weighted by atomic mass is 16.5. The van der Waals surface area contributed by atoms with E-state index in [0.717, 1.165) is 23.2 Å². The van der Waals surface area contributed by atoms with Crippen molar-refractivity contribution in [1.29, 1.82) is 0 Å². The number of nitrogen functional groups attached to an aromatic ring is 1. The van der Waals surface area contributed by atoms with Gasteiger partial charge >= 0.3 is 6.01 Å². The van der Waals surface area contributed by atoms with Gasteiger partial charge in [0, 0.05) is 20.2 Å². The Kier molecular flexibility index (Phi) is 7.67. The highest BCUT2D eigenvalue weighted by Crippen LogP contribution is 2.32. The van der Waals surface area contributed by atoms with Gasteiger partial charge in [-0.2, -0.15) is 15.0 Å². The second-order valence-electron chi connectivity index (χ2n) is 9.23. The quantitative estimate of drug-likeness (QED) is 0.247. The van der Waals surface area contributed by atoms with Crippen molar-refractivity contribution in [2.24, 2.45) is 0 Å². The van der Waals surface area contributed by atoms with Crippen molar-refractivity contribution in [1.82, 2.24) is 24.4 Å². The van der Waals surface area contributed by atoms with Gasteiger partial charge in [0.2, 0.25) is 0 Å². The molecule has 2 aromatic carbocycles. The summed E-state index contributed by atoms with van der Waals surface area (Å²) in [6.07, 6.45) is 2.57. The Labute approximate surface area is 221 Å². The van der Waals surface area contributed by atoms with Gasteiger partial charge in [-0.05, 0) is 54.3 Å². The number of imidazole rings is 1. The first-order valence-electron chi connectivity index (χ1n) is 12.6. The van der Waals surface area contributed by atoms with Crippen LogP contribution in [-0.2, 0) is 17.8 Å². The lowest BCUT2D eigenvalue weighted by Crippen LogP contribution is -2.18. The number of nitrogens with two attached hydrogens (primary N) is 1. The van der Waals surface area contributed by atoms with Crippen LogP contribution in [0.15, 0.2) is 42.5 Å². The number of hydrogen-bond donors (Lipinski definition) is 1. The topological polar surface area (TPSA) is 105 Å². The van der Waals surface area contributed by atoms with E-state index >= 15 is 0 Å². The van der Waals surface area contributed by atoms with Crippen molar-refractivity contribution >= 4 is 22.7 Å². The third-order valence-electron chi connectivity index (χ3n) is 6.69. The third kappa shape index (κ3) is 5.39. The molecule has 10 nitrogen and oxygen atoms in total. The molecular weight excluding hydrogens is 482 g/mol. The molecule has 38 heavy (non-hydrogen) atoms. The Morgan fingerprint density at radius 2 is 1.71 bits per heavy atom. The van der Waals surface area contributed by atoms with Crippen molar-refractivity contribution < 1.29 is 14.2 Å². The minimum absolute atomic E-state index is 0.129. The fraction of sp³-hybridized carbons (Fsp3) is 0.357. The standard InChI is InChI=1S/C28H31N7O3/c1-30-23-16-21(20-8-6-19(7-9-20)17-34-12-4-5-13-34)10-11-22(23)18-35-26-24(31-28(35)37-3)25(29)32-27(33-26)38-15-14-36-2/h6-11,16H,4-5,12-15,17-18H2,2-3H3,(H2,29,32,33). The fourth-order valence-electron chi connectivity index (χ4n) is 4.71. The minimum Gasteiger partial charge on any atom is -0.468 e. The summed E-state index contributed by atoms with van der Waals surface area (Å²) >= 11 is 0. The van der Waals surface area contributed by atoms with E-state index in [1.807, 2.05) is 18.2 Å². The smallest absolute Gasteiger partial charge is 0.320 e. The molecule has 0 saturated carbocycles. The highest BCUT2D eigenvalue weighted by Gasteiger charge is 2.19. The van der Waals surface area contributed by atoms with E-state index in [1.54, 1.807) is 11.7 Å². The van der Waals surface area contributed by atoms with Crippen LogP contribution in [0.2, 0.25) is 0 Å². The fourth-order valence-corrected chi connectivity index (χ4v) is 4.71. The summed E-state index contributed by atoms with van der Waals surface area (Å²) < 4.78 is 17.9. The first-order chi connectivity index (χ1) is 18.6. The van der Waals surface area contributed by atoms with Gasteiger partial charge in [0.05, 0.1) is 20.3 Å². The molecule has 1 aliphatic rings. The second-order valence-corrected chi connectivity index (χ2v) is 9.23. The zero-order valence-electron chi connectivity index (χ0n) is 21.7. The van der Waals surface area contributed by atoms with E-state index in [2.05, 4.69) is 49.0 Å². The molecule has 0 radical (unpaired) electrons. The average Bonchev–Trinajstić information content (AvgIpc) is 3.58. The molecule has 0 unspecified atom stereocenters. The molecule has 1 saturated heterocycles. The van der Waals surface area contributed by atoms with Crippen LogP contribution in [-0.4, -0.2) is 64.9 Å². The van der Waals surface area contributed by atoms with Crippen molar-refractivity contribution in [2.75, 3.05) is 46.3 Å². The predicted octanol–water partition coefficient (Wildman–Crippen LogP) is 4.30. The molecule has 5 rings (SSSR count). The molecule has 0 bridgehead atoms. The monoisotopic (exact) mass is 513 g/mol. The highest BCUT2D eigenvalue weighted by molar-refractivity contribution is 5.83. The Morgan fingerprint density at radius 1 is 0.947 bits per heavy atom. The predicted molar refractivity (Wildman–Crippen MR) is 145 cm³/mol. The zero-order chi connectivity index (χ0) is 26.5. The summed E-state index contributed by atoms with van der Waals surface area (Å²) in [6, 6.07) is 15.0. The lowest BCUT2D eigenvalue weighted by Gasteiger charge is -2.15. The van der Waals surface area contributed by atoms with Crippen molar-refractivity contribution in [3.63, 3.8) is 0 Å². The molecule has 2 N–H and O–H groups in total. The lowest BCUT2D eigenvalue weighted by atomic mass is 10.0. The van der Waals surface area contributed by atoms with Crippen LogP contribution in [0, 0.1) is 6.57 Å². The maximum absolute atomic E-state index is 7.84. The molecule has 1 aliphatic heterocycles. The average molecular weight is 514 g/mol. The van der Waals surface area contributed by atoms with E-state index in [1.165, 1.54) is 38.6 Å². The van der Waals surface area contributed by atoms with Gasteiger partial charge < -0.3 is 19.9 Å². The Balaban J connectivity index is 1.41. The second kappa shape index (κ2) is 11.5. The number of rotatable bonds is 10. The van der Waals surface area contributed by atoms with Crippen LogP contribution in [0.1, 0.15) is 24.0 Å². The van der Waals surface area contributed by atoms with Crippen LogP contribution in [0.5, 0.6) is 12.0 Å². The van der Waals surface area contributed by atoms with Gasteiger partial charge in [0.1, 0.15) is 6.61 Å².